The Hall–Kier alpha value is -3.39. The number of thiophene rings is 1. The molecule has 2 N–H and O–H groups in total. The zero-order valence-corrected chi connectivity index (χ0v) is 17.1. The van der Waals surface area contributed by atoms with Gasteiger partial charge in [-0.2, -0.15) is 0 Å². The zero-order chi connectivity index (χ0) is 20.9. The molecule has 30 heavy (non-hydrogen) atoms. The molecule has 3 amide bonds. The van der Waals surface area contributed by atoms with Gasteiger partial charge in [0.15, 0.2) is 0 Å². The molecule has 1 aliphatic rings. The molecule has 1 atom stereocenters. The molecule has 7 nitrogen and oxygen atoms in total. The highest BCUT2D eigenvalue weighted by Gasteiger charge is 2.29. The van der Waals surface area contributed by atoms with Crippen molar-refractivity contribution in [3.8, 4) is 5.69 Å². The number of hydrazine groups is 1. The maximum Gasteiger partial charge on any atom is 0.271 e. The minimum atomic E-state index is -0.394. The van der Waals surface area contributed by atoms with Crippen LogP contribution >= 0.6 is 11.3 Å². The number of amides is 3. The molecule has 0 aliphatic carbocycles. The van der Waals surface area contributed by atoms with E-state index in [0.717, 1.165) is 12.1 Å². The average molecular weight is 423 g/mol. The molecule has 8 heteroatoms. The molecule has 4 rings (SSSR count). The van der Waals surface area contributed by atoms with Gasteiger partial charge in [0.2, 0.25) is 5.91 Å². The first kappa shape index (κ1) is 19.9. The number of nitrogens with zero attached hydrogens (tertiary/aromatic N) is 2. The molecule has 0 unspecified atom stereocenters. The van der Waals surface area contributed by atoms with Gasteiger partial charge in [0.05, 0.1) is 22.0 Å². The molecular formula is C22H22N4O3S. The van der Waals surface area contributed by atoms with Crippen LogP contribution < -0.4 is 10.9 Å². The quantitative estimate of drug-likeness (QED) is 0.634. The Morgan fingerprint density at radius 3 is 2.53 bits per heavy atom. The monoisotopic (exact) mass is 422 g/mol. The fraction of sp³-hybridized carbons (Fsp3) is 0.227. The minimum Gasteiger partial charge on any atom is -0.337 e. The maximum absolute atomic E-state index is 12.7. The summed E-state index contributed by atoms with van der Waals surface area (Å²) in [5.41, 5.74) is 6.22. The van der Waals surface area contributed by atoms with Crippen molar-refractivity contribution in [2.75, 3.05) is 13.1 Å². The second kappa shape index (κ2) is 8.96. The normalized spacial score (nSPS) is 16.1. The van der Waals surface area contributed by atoms with Crippen molar-refractivity contribution in [1.29, 1.82) is 0 Å². The van der Waals surface area contributed by atoms with E-state index in [1.165, 1.54) is 11.3 Å². The zero-order valence-electron chi connectivity index (χ0n) is 16.3. The Labute approximate surface area is 178 Å². The van der Waals surface area contributed by atoms with E-state index in [0.29, 0.717) is 30.0 Å². The molecular weight excluding hydrogens is 400 g/mol. The fourth-order valence-electron chi connectivity index (χ4n) is 3.61. The summed E-state index contributed by atoms with van der Waals surface area (Å²) in [5, 5.41) is 1.86. The highest BCUT2D eigenvalue weighted by molar-refractivity contribution is 7.12. The van der Waals surface area contributed by atoms with E-state index in [2.05, 4.69) is 10.9 Å². The summed E-state index contributed by atoms with van der Waals surface area (Å²) in [6.07, 6.45) is 5.13. The lowest BCUT2D eigenvalue weighted by Crippen LogP contribution is -2.50. The van der Waals surface area contributed by atoms with Crippen LogP contribution in [-0.2, 0) is 4.79 Å². The second-order valence-corrected chi connectivity index (χ2v) is 8.07. The van der Waals surface area contributed by atoms with Crippen LogP contribution in [0.3, 0.4) is 0 Å². The van der Waals surface area contributed by atoms with E-state index < -0.39 is 5.91 Å². The minimum absolute atomic E-state index is 0.0489. The average Bonchev–Trinajstić information content (AvgIpc) is 3.51. The van der Waals surface area contributed by atoms with Crippen LogP contribution in [0.5, 0.6) is 0 Å². The van der Waals surface area contributed by atoms with Gasteiger partial charge in [0, 0.05) is 25.5 Å². The molecule has 1 aromatic carbocycles. The number of hydrogen-bond donors (Lipinski definition) is 2. The third-order valence-electron chi connectivity index (χ3n) is 5.14. The molecule has 2 aromatic heterocycles. The molecule has 0 bridgehead atoms. The molecule has 154 valence electrons. The number of rotatable bonds is 4. The Balaban J connectivity index is 1.37. The van der Waals surface area contributed by atoms with Crippen molar-refractivity contribution in [2.45, 2.75) is 12.8 Å². The van der Waals surface area contributed by atoms with Crippen molar-refractivity contribution < 1.29 is 14.4 Å². The summed E-state index contributed by atoms with van der Waals surface area (Å²) in [6, 6.07) is 14.6. The van der Waals surface area contributed by atoms with Gasteiger partial charge >= 0.3 is 0 Å². The highest BCUT2D eigenvalue weighted by Crippen LogP contribution is 2.21. The molecule has 0 radical (unpaired) electrons. The van der Waals surface area contributed by atoms with Gasteiger partial charge in [-0.1, -0.05) is 18.2 Å². The molecule has 1 aliphatic heterocycles. The lowest BCUT2D eigenvalue weighted by molar-refractivity contribution is -0.127. The molecule has 0 spiro atoms. The second-order valence-electron chi connectivity index (χ2n) is 7.12. The van der Waals surface area contributed by atoms with Gasteiger partial charge in [0.1, 0.15) is 0 Å². The smallest absolute Gasteiger partial charge is 0.271 e. The predicted molar refractivity (Wildman–Crippen MR) is 114 cm³/mol. The van der Waals surface area contributed by atoms with Gasteiger partial charge in [-0.25, -0.2) is 0 Å². The van der Waals surface area contributed by atoms with E-state index in [-0.39, 0.29) is 17.7 Å². The number of benzene rings is 1. The van der Waals surface area contributed by atoms with Crippen molar-refractivity contribution in [3.63, 3.8) is 0 Å². The van der Waals surface area contributed by atoms with Crippen LogP contribution in [0.4, 0.5) is 0 Å². The number of likely N-dealkylation sites (tertiary alicyclic amines) is 1. The first-order chi connectivity index (χ1) is 14.6. The lowest BCUT2D eigenvalue weighted by Gasteiger charge is -2.31. The standard InChI is InChI=1S/C22H22N4O3S/c27-20(16-7-5-13-26(15-16)22(29)19-10-6-14-30-19)23-24-21(28)17-8-1-2-9-18(17)25-11-3-4-12-25/h1-4,6,8-12,14,16H,5,7,13,15H2,(H,23,27)(H,24,28)/t16-/m0/s1. The van der Waals surface area contributed by atoms with Crippen LogP contribution in [0.25, 0.3) is 5.69 Å². The third-order valence-corrected chi connectivity index (χ3v) is 6.00. The Morgan fingerprint density at radius 1 is 0.967 bits per heavy atom. The first-order valence-corrected chi connectivity index (χ1v) is 10.7. The SMILES string of the molecule is O=C(NNC(=O)[C@H]1CCCN(C(=O)c2cccs2)C1)c1ccccc1-n1cccc1. The van der Waals surface area contributed by atoms with Crippen LogP contribution in [0, 0.1) is 5.92 Å². The summed E-state index contributed by atoms with van der Waals surface area (Å²) in [6.45, 7) is 0.982. The number of para-hydroxylation sites is 1. The fourth-order valence-corrected chi connectivity index (χ4v) is 4.30. The van der Waals surface area contributed by atoms with Crippen molar-refractivity contribution in [2.24, 2.45) is 5.92 Å². The third kappa shape index (κ3) is 4.28. The van der Waals surface area contributed by atoms with E-state index in [9.17, 15) is 14.4 Å². The van der Waals surface area contributed by atoms with Crippen LogP contribution in [0.2, 0.25) is 0 Å². The van der Waals surface area contributed by atoms with Gasteiger partial charge < -0.3 is 9.47 Å². The summed E-state index contributed by atoms with van der Waals surface area (Å²) in [4.78, 5) is 40.3. The van der Waals surface area contributed by atoms with Gasteiger partial charge in [-0.05, 0) is 48.6 Å². The topological polar surface area (TPSA) is 83.4 Å². The summed E-state index contributed by atoms with van der Waals surface area (Å²) < 4.78 is 1.84. The van der Waals surface area contributed by atoms with Gasteiger partial charge in [0.25, 0.3) is 11.8 Å². The summed E-state index contributed by atoms with van der Waals surface area (Å²) >= 11 is 1.40. The van der Waals surface area contributed by atoms with E-state index in [1.807, 2.05) is 52.7 Å². The number of aromatic nitrogens is 1. The summed E-state index contributed by atoms with van der Waals surface area (Å²) in [7, 11) is 0. The highest BCUT2D eigenvalue weighted by atomic mass is 32.1. The van der Waals surface area contributed by atoms with E-state index in [1.54, 1.807) is 23.1 Å². The molecule has 1 saturated heterocycles. The largest absolute Gasteiger partial charge is 0.337 e. The Bertz CT molecular complexity index is 1030. The van der Waals surface area contributed by atoms with Crippen LogP contribution in [0.1, 0.15) is 32.9 Å². The summed E-state index contributed by atoms with van der Waals surface area (Å²) in [5.74, 6) is -1.09. The lowest BCUT2D eigenvalue weighted by atomic mass is 9.97. The van der Waals surface area contributed by atoms with Crippen molar-refractivity contribution >= 4 is 29.1 Å². The Morgan fingerprint density at radius 2 is 1.77 bits per heavy atom. The first-order valence-electron chi connectivity index (χ1n) is 9.79. The van der Waals surface area contributed by atoms with Crippen LogP contribution in [0.15, 0.2) is 66.3 Å². The molecule has 0 saturated carbocycles. The number of hydrogen-bond acceptors (Lipinski definition) is 4. The molecule has 1 fully saturated rings. The predicted octanol–water partition coefficient (Wildman–Crippen LogP) is 2.85. The molecule has 3 heterocycles. The molecule has 3 aromatic rings. The van der Waals surface area contributed by atoms with E-state index in [4.69, 9.17) is 0 Å². The maximum atomic E-state index is 12.7. The van der Waals surface area contributed by atoms with Gasteiger partial charge in [-0.15, -0.1) is 11.3 Å². The number of piperidine rings is 1. The van der Waals surface area contributed by atoms with Crippen molar-refractivity contribution in [3.05, 3.63) is 76.7 Å². The number of nitrogens with one attached hydrogen (secondary N) is 2. The van der Waals surface area contributed by atoms with Crippen molar-refractivity contribution in [1.82, 2.24) is 20.3 Å². The van der Waals surface area contributed by atoms with E-state index >= 15 is 0 Å². The van der Waals surface area contributed by atoms with Gasteiger partial charge in [-0.3, -0.25) is 25.2 Å². The number of carbonyl (C=O) groups is 3. The Kier molecular flexibility index (Phi) is 5.94. The van der Waals surface area contributed by atoms with Crippen LogP contribution in [-0.4, -0.2) is 40.3 Å². The number of carbonyl (C=O) groups excluding carboxylic acids is 3.